The summed E-state index contributed by atoms with van der Waals surface area (Å²) in [5.41, 5.74) is 1.02. The minimum Gasteiger partial charge on any atom is -0.496 e. The van der Waals surface area contributed by atoms with E-state index in [0.29, 0.717) is 12.6 Å². The van der Waals surface area contributed by atoms with Crippen molar-refractivity contribution < 1.29 is 9.47 Å². The largest absolute Gasteiger partial charge is 0.496 e. The summed E-state index contributed by atoms with van der Waals surface area (Å²) in [6, 6.07) is 6.40. The van der Waals surface area contributed by atoms with E-state index in [4.69, 9.17) is 26.1 Å². The SMILES string of the molecule is CCNC(=NCC1(c2cc(Cl)ccc2OC)CCOCC1)NC1CC1C. The fourth-order valence-electron chi connectivity index (χ4n) is 3.62. The van der Waals surface area contributed by atoms with E-state index in [2.05, 4.69) is 24.5 Å². The van der Waals surface area contributed by atoms with E-state index in [1.54, 1.807) is 7.11 Å². The fraction of sp³-hybridized carbons (Fsp3) is 0.650. The van der Waals surface area contributed by atoms with E-state index >= 15 is 0 Å². The molecule has 1 saturated carbocycles. The van der Waals surface area contributed by atoms with Crippen LogP contribution < -0.4 is 15.4 Å². The lowest BCUT2D eigenvalue weighted by atomic mass is 9.73. The van der Waals surface area contributed by atoms with Gasteiger partial charge >= 0.3 is 0 Å². The maximum atomic E-state index is 6.31. The number of nitrogens with zero attached hydrogens (tertiary/aromatic N) is 1. The number of nitrogens with one attached hydrogen (secondary N) is 2. The molecule has 0 radical (unpaired) electrons. The smallest absolute Gasteiger partial charge is 0.191 e. The Labute approximate surface area is 161 Å². The van der Waals surface area contributed by atoms with Gasteiger partial charge in [-0.25, -0.2) is 0 Å². The standard InChI is InChI=1S/C20H30ClN3O2/c1-4-22-19(24-17-11-14(17)2)23-13-20(7-9-26-10-8-20)16-12-15(21)5-6-18(16)25-3/h5-6,12,14,17H,4,7-11,13H2,1-3H3,(H2,22,23,24). The van der Waals surface area contributed by atoms with Crippen LogP contribution in [0.1, 0.15) is 38.7 Å². The molecule has 1 aromatic rings. The lowest BCUT2D eigenvalue weighted by molar-refractivity contribution is 0.0523. The predicted octanol–water partition coefficient (Wildman–Crippen LogP) is 3.36. The van der Waals surface area contributed by atoms with Crippen molar-refractivity contribution >= 4 is 17.6 Å². The summed E-state index contributed by atoms with van der Waals surface area (Å²) in [5.74, 6) is 2.50. The number of methoxy groups -OCH3 is 1. The van der Waals surface area contributed by atoms with Gasteiger partial charge in [-0.05, 0) is 50.3 Å². The third kappa shape index (κ3) is 4.44. The average Bonchev–Trinajstić information content (AvgIpc) is 3.35. The molecule has 1 heterocycles. The maximum Gasteiger partial charge on any atom is 0.191 e. The average molecular weight is 380 g/mol. The molecule has 0 bridgehead atoms. The number of hydrogen-bond acceptors (Lipinski definition) is 3. The predicted molar refractivity (Wildman–Crippen MR) is 106 cm³/mol. The molecule has 2 N–H and O–H groups in total. The first-order valence-electron chi connectivity index (χ1n) is 9.54. The Hall–Kier alpha value is -1.46. The van der Waals surface area contributed by atoms with E-state index in [1.165, 1.54) is 6.42 Å². The first kappa shape index (κ1) is 19.3. The van der Waals surface area contributed by atoms with Gasteiger partial charge in [0.2, 0.25) is 0 Å². The van der Waals surface area contributed by atoms with Crippen molar-refractivity contribution in [3.63, 3.8) is 0 Å². The molecular weight excluding hydrogens is 350 g/mol. The highest BCUT2D eigenvalue weighted by Crippen LogP contribution is 2.41. The Morgan fingerprint density at radius 3 is 2.73 bits per heavy atom. The third-order valence-electron chi connectivity index (χ3n) is 5.50. The molecule has 3 rings (SSSR count). The summed E-state index contributed by atoms with van der Waals surface area (Å²) in [6.07, 6.45) is 3.03. The molecule has 1 saturated heterocycles. The van der Waals surface area contributed by atoms with Crippen molar-refractivity contribution in [1.29, 1.82) is 0 Å². The van der Waals surface area contributed by atoms with Crippen LogP contribution in [0.5, 0.6) is 5.75 Å². The first-order valence-corrected chi connectivity index (χ1v) is 9.92. The topological polar surface area (TPSA) is 54.9 Å². The second-order valence-corrected chi connectivity index (χ2v) is 7.83. The molecule has 144 valence electrons. The molecular formula is C20H30ClN3O2. The molecule has 26 heavy (non-hydrogen) atoms. The Balaban J connectivity index is 1.87. The van der Waals surface area contributed by atoms with E-state index in [0.717, 1.165) is 60.8 Å². The minimum atomic E-state index is -0.119. The Morgan fingerprint density at radius 2 is 2.12 bits per heavy atom. The van der Waals surface area contributed by atoms with Crippen LogP contribution in [0, 0.1) is 5.92 Å². The van der Waals surface area contributed by atoms with Gasteiger partial charge in [0.25, 0.3) is 0 Å². The zero-order valence-electron chi connectivity index (χ0n) is 16.0. The van der Waals surface area contributed by atoms with Crippen molar-refractivity contribution in [3.8, 4) is 5.75 Å². The van der Waals surface area contributed by atoms with Gasteiger partial charge in [0.1, 0.15) is 5.75 Å². The van der Waals surface area contributed by atoms with Gasteiger partial charge in [-0.1, -0.05) is 18.5 Å². The molecule has 0 aromatic heterocycles. The zero-order chi connectivity index (χ0) is 18.6. The molecule has 2 aliphatic rings. The number of hydrogen-bond donors (Lipinski definition) is 2. The lowest BCUT2D eigenvalue weighted by Gasteiger charge is -2.37. The van der Waals surface area contributed by atoms with Crippen molar-refractivity contribution in [3.05, 3.63) is 28.8 Å². The molecule has 1 aromatic carbocycles. The first-order chi connectivity index (χ1) is 12.6. The van der Waals surface area contributed by atoms with Crippen LogP contribution in [0.3, 0.4) is 0 Å². The Bertz CT molecular complexity index is 644. The fourth-order valence-corrected chi connectivity index (χ4v) is 3.79. The molecule has 1 aliphatic carbocycles. The number of ether oxygens (including phenoxy) is 2. The van der Waals surface area contributed by atoms with Crippen LogP contribution in [0.2, 0.25) is 5.02 Å². The summed E-state index contributed by atoms with van der Waals surface area (Å²) >= 11 is 6.31. The Kier molecular flexibility index (Phi) is 6.30. The number of guanidine groups is 1. The van der Waals surface area contributed by atoms with Crippen LogP contribution in [-0.4, -0.2) is 45.4 Å². The van der Waals surface area contributed by atoms with Gasteiger partial charge in [0.15, 0.2) is 5.96 Å². The van der Waals surface area contributed by atoms with Gasteiger partial charge < -0.3 is 20.1 Å². The second-order valence-electron chi connectivity index (χ2n) is 7.40. The number of benzene rings is 1. The quantitative estimate of drug-likeness (QED) is 0.587. The third-order valence-corrected chi connectivity index (χ3v) is 5.73. The van der Waals surface area contributed by atoms with Gasteiger partial charge in [-0.15, -0.1) is 0 Å². The summed E-state index contributed by atoms with van der Waals surface area (Å²) in [5, 5.41) is 7.64. The zero-order valence-corrected chi connectivity index (χ0v) is 16.7. The molecule has 5 nitrogen and oxygen atoms in total. The van der Waals surface area contributed by atoms with E-state index in [1.807, 2.05) is 18.2 Å². The van der Waals surface area contributed by atoms with Crippen LogP contribution in [0.15, 0.2) is 23.2 Å². The Morgan fingerprint density at radius 1 is 1.38 bits per heavy atom. The van der Waals surface area contributed by atoms with Crippen LogP contribution in [-0.2, 0) is 10.2 Å². The molecule has 2 fully saturated rings. The van der Waals surface area contributed by atoms with Gasteiger partial charge in [-0.2, -0.15) is 0 Å². The highest BCUT2D eigenvalue weighted by molar-refractivity contribution is 6.30. The summed E-state index contributed by atoms with van der Waals surface area (Å²) < 4.78 is 11.3. The van der Waals surface area contributed by atoms with Crippen LogP contribution in [0.25, 0.3) is 0 Å². The van der Waals surface area contributed by atoms with Crippen molar-refractivity contribution in [2.75, 3.05) is 33.4 Å². The molecule has 0 amide bonds. The number of aliphatic imine (C=N–C) groups is 1. The lowest BCUT2D eigenvalue weighted by Crippen LogP contribution is -2.42. The molecule has 0 spiro atoms. The molecule has 2 unspecified atom stereocenters. The van der Waals surface area contributed by atoms with Crippen molar-refractivity contribution in [1.82, 2.24) is 10.6 Å². The van der Waals surface area contributed by atoms with Crippen LogP contribution >= 0.6 is 11.6 Å². The number of rotatable bonds is 6. The summed E-state index contributed by atoms with van der Waals surface area (Å²) in [6.45, 7) is 7.35. The van der Waals surface area contributed by atoms with Gasteiger partial charge in [-0.3, -0.25) is 4.99 Å². The molecule has 2 atom stereocenters. The van der Waals surface area contributed by atoms with Crippen molar-refractivity contribution in [2.24, 2.45) is 10.9 Å². The monoisotopic (exact) mass is 379 g/mol. The van der Waals surface area contributed by atoms with Gasteiger partial charge in [0, 0.05) is 41.8 Å². The van der Waals surface area contributed by atoms with E-state index in [-0.39, 0.29) is 5.41 Å². The highest BCUT2D eigenvalue weighted by Gasteiger charge is 2.38. The van der Waals surface area contributed by atoms with E-state index in [9.17, 15) is 0 Å². The highest BCUT2D eigenvalue weighted by atomic mass is 35.5. The second kappa shape index (κ2) is 8.49. The van der Waals surface area contributed by atoms with Gasteiger partial charge in [0.05, 0.1) is 13.7 Å². The van der Waals surface area contributed by atoms with Crippen molar-refractivity contribution in [2.45, 2.75) is 44.6 Å². The molecule has 1 aliphatic heterocycles. The minimum absolute atomic E-state index is 0.119. The normalized spacial score (nSPS) is 24.8. The van der Waals surface area contributed by atoms with E-state index < -0.39 is 0 Å². The summed E-state index contributed by atoms with van der Waals surface area (Å²) in [4.78, 5) is 4.95. The number of halogens is 1. The molecule has 6 heteroatoms. The van der Waals surface area contributed by atoms with Crippen LogP contribution in [0.4, 0.5) is 0 Å². The summed E-state index contributed by atoms with van der Waals surface area (Å²) in [7, 11) is 1.71. The maximum absolute atomic E-state index is 6.31.